The lowest BCUT2D eigenvalue weighted by Gasteiger charge is -2.33. The number of ether oxygens (including phenoxy) is 1. The van der Waals surface area contributed by atoms with Crippen LogP contribution in [0.25, 0.3) is 0 Å². The second kappa shape index (κ2) is 7.10. The lowest BCUT2D eigenvalue weighted by atomic mass is 9.88. The Balaban J connectivity index is 2.25. The summed E-state index contributed by atoms with van der Waals surface area (Å²) in [5.74, 6) is 0.100. The van der Waals surface area contributed by atoms with Gasteiger partial charge in [-0.2, -0.15) is 0 Å². The van der Waals surface area contributed by atoms with Crippen molar-refractivity contribution in [1.82, 2.24) is 4.90 Å². The van der Waals surface area contributed by atoms with E-state index < -0.39 is 0 Å². The Morgan fingerprint density at radius 3 is 2.50 bits per heavy atom. The Hall–Kier alpha value is -0.610. The van der Waals surface area contributed by atoms with Crippen molar-refractivity contribution >= 4 is 5.97 Å². The van der Waals surface area contributed by atoms with Gasteiger partial charge in [0.05, 0.1) is 12.5 Å². The van der Waals surface area contributed by atoms with Gasteiger partial charge < -0.3 is 15.4 Å². The average molecular weight is 256 g/mol. The van der Waals surface area contributed by atoms with E-state index in [0.717, 1.165) is 45.4 Å². The summed E-state index contributed by atoms with van der Waals surface area (Å²) in [7, 11) is 0. The molecule has 0 aliphatic carbocycles. The van der Waals surface area contributed by atoms with E-state index in [1.54, 1.807) is 0 Å². The van der Waals surface area contributed by atoms with E-state index in [4.69, 9.17) is 10.5 Å². The predicted octanol–water partition coefficient (Wildman–Crippen LogP) is 1.64. The first-order valence-electron chi connectivity index (χ1n) is 7.07. The van der Waals surface area contributed by atoms with E-state index in [-0.39, 0.29) is 17.3 Å². The molecule has 0 aromatic heterocycles. The summed E-state index contributed by atoms with van der Waals surface area (Å²) in [5.41, 5.74) is 5.96. The van der Waals surface area contributed by atoms with E-state index in [9.17, 15) is 4.79 Å². The third-order valence-corrected chi connectivity index (χ3v) is 3.86. The zero-order chi connectivity index (χ0) is 13.6. The van der Waals surface area contributed by atoms with Crippen LogP contribution in [0.3, 0.4) is 0 Å². The molecule has 0 amide bonds. The number of carbonyl (C=O) groups is 1. The second-order valence-corrected chi connectivity index (χ2v) is 5.99. The fraction of sp³-hybridized carbons (Fsp3) is 0.929. The highest BCUT2D eigenvalue weighted by atomic mass is 16.5. The number of likely N-dealkylation sites (tertiary alicyclic amines) is 1. The molecule has 0 unspecified atom stereocenters. The Bertz CT molecular complexity index is 259. The molecule has 18 heavy (non-hydrogen) atoms. The summed E-state index contributed by atoms with van der Waals surface area (Å²) in [5, 5.41) is 0. The highest BCUT2D eigenvalue weighted by molar-refractivity contribution is 5.72. The molecule has 4 heteroatoms. The molecule has 1 aliphatic rings. The predicted molar refractivity (Wildman–Crippen MR) is 73.2 cm³/mol. The van der Waals surface area contributed by atoms with Gasteiger partial charge in [-0.05, 0) is 57.8 Å². The minimum atomic E-state index is -0.0144. The number of carbonyl (C=O) groups excluding carboxylic acids is 1. The fourth-order valence-electron chi connectivity index (χ4n) is 2.22. The molecule has 0 bridgehead atoms. The van der Waals surface area contributed by atoms with Gasteiger partial charge >= 0.3 is 5.97 Å². The molecule has 0 aromatic carbocycles. The van der Waals surface area contributed by atoms with E-state index in [0.29, 0.717) is 6.61 Å². The van der Waals surface area contributed by atoms with Crippen LogP contribution < -0.4 is 5.73 Å². The molecule has 1 saturated heterocycles. The first kappa shape index (κ1) is 15.4. The lowest BCUT2D eigenvalue weighted by molar-refractivity contribution is -0.149. The Morgan fingerprint density at radius 1 is 1.39 bits per heavy atom. The first-order chi connectivity index (χ1) is 8.48. The van der Waals surface area contributed by atoms with Crippen LogP contribution in [0.1, 0.15) is 40.0 Å². The minimum absolute atomic E-state index is 0.0144. The summed E-state index contributed by atoms with van der Waals surface area (Å²) in [6.07, 6.45) is 2.98. The quantitative estimate of drug-likeness (QED) is 0.734. The SMILES string of the molecule is CCOC(=O)C1CCN(CCC(C)(C)CN)CC1. The molecule has 0 radical (unpaired) electrons. The molecule has 106 valence electrons. The normalized spacial score (nSPS) is 18.9. The van der Waals surface area contributed by atoms with Crippen molar-refractivity contribution in [3.63, 3.8) is 0 Å². The van der Waals surface area contributed by atoms with Crippen molar-refractivity contribution in [2.24, 2.45) is 17.1 Å². The van der Waals surface area contributed by atoms with Gasteiger partial charge in [0.15, 0.2) is 0 Å². The average Bonchev–Trinajstić information content (AvgIpc) is 2.37. The Labute approximate surface area is 111 Å². The maximum Gasteiger partial charge on any atom is 0.309 e. The summed E-state index contributed by atoms with van der Waals surface area (Å²) in [6, 6.07) is 0. The minimum Gasteiger partial charge on any atom is -0.466 e. The highest BCUT2D eigenvalue weighted by Crippen LogP contribution is 2.22. The number of nitrogens with two attached hydrogens (primary N) is 1. The molecular weight excluding hydrogens is 228 g/mol. The molecule has 1 fully saturated rings. The van der Waals surface area contributed by atoms with Crippen molar-refractivity contribution in [1.29, 1.82) is 0 Å². The van der Waals surface area contributed by atoms with Crippen LogP contribution in [0.15, 0.2) is 0 Å². The maximum absolute atomic E-state index is 11.6. The van der Waals surface area contributed by atoms with Crippen LogP contribution in [0.4, 0.5) is 0 Å². The first-order valence-corrected chi connectivity index (χ1v) is 7.07. The van der Waals surface area contributed by atoms with Gasteiger partial charge in [-0.1, -0.05) is 13.8 Å². The molecule has 0 saturated carbocycles. The molecule has 1 heterocycles. The van der Waals surface area contributed by atoms with Gasteiger partial charge in [0.2, 0.25) is 0 Å². The zero-order valence-electron chi connectivity index (χ0n) is 12.1. The van der Waals surface area contributed by atoms with Crippen molar-refractivity contribution in [3.05, 3.63) is 0 Å². The van der Waals surface area contributed by atoms with E-state index in [1.165, 1.54) is 0 Å². The van der Waals surface area contributed by atoms with Gasteiger partial charge in [0.25, 0.3) is 0 Å². The molecule has 4 nitrogen and oxygen atoms in total. The van der Waals surface area contributed by atoms with Crippen LogP contribution in [-0.4, -0.2) is 43.7 Å². The van der Waals surface area contributed by atoms with E-state index in [1.807, 2.05) is 6.92 Å². The number of nitrogens with zero attached hydrogens (tertiary/aromatic N) is 1. The van der Waals surface area contributed by atoms with Crippen molar-refractivity contribution in [2.45, 2.75) is 40.0 Å². The monoisotopic (exact) mass is 256 g/mol. The smallest absolute Gasteiger partial charge is 0.309 e. The summed E-state index contributed by atoms with van der Waals surface area (Å²) < 4.78 is 5.07. The number of hydrogen-bond donors (Lipinski definition) is 1. The van der Waals surface area contributed by atoms with E-state index in [2.05, 4.69) is 18.7 Å². The lowest BCUT2D eigenvalue weighted by Crippen LogP contribution is -2.39. The molecular formula is C14H28N2O2. The number of piperidine rings is 1. The van der Waals surface area contributed by atoms with Crippen molar-refractivity contribution in [2.75, 3.05) is 32.8 Å². The zero-order valence-corrected chi connectivity index (χ0v) is 12.1. The summed E-state index contributed by atoms with van der Waals surface area (Å²) in [4.78, 5) is 14.0. The summed E-state index contributed by atoms with van der Waals surface area (Å²) >= 11 is 0. The Kier molecular flexibility index (Phi) is 6.09. The van der Waals surface area contributed by atoms with Gasteiger partial charge in [0.1, 0.15) is 0 Å². The molecule has 0 aromatic rings. The van der Waals surface area contributed by atoms with Crippen LogP contribution in [0, 0.1) is 11.3 Å². The third kappa shape index (κ3) is 4.94. The van der Waals surface area contributed by atoms with Gasteiger partial charge in [-0.3, -0.25) is 4.79 Å². The number of hydrogen-bond acceptors (Lipinski definition) is 4. The van der Waals surface area contributed by atoms with Crippen LogP contribution in [-0.2, 0) is 9.53 Å². The Morgan fingerprint density at radius 2 is 2.00 bits per heavy atom. The highest BCUT2D eigenvalue weighted by Gasteiger charge is 2.26. The van der Waals surface area contributed by atoms with Crippen LogP contribution in [0.5, 0.6) is 0 Å². The van der Waals surface area contributed by atoms with Gasteiger partial charge in [0, 0.05) is 0 Å². The molecule has 1 rings (SSSR count). The molecule has 1 aliphatic heterocycles. The van der Waals surface area contributed by atoms with Crippen LogP contribution >= 0.6 is 0 Å². The van der Waals surface area contributed by atoms with E-state index >= 15 is 0 Å². The largest absolute Gasteiger partial charge is 0.466 e. The fourth-order valence-corrected chi connectivity index (χ4v) is 2.22. The second-order valence-electron chi connectivity index (χ2n) is 5.99. The molecule has 0 atom stereocenters. The molecule has 2 N–H and O–H groups in total. The van der Waals surface area contributed by atoms with Crippen molar-refractivity contribution < 1.29 is 9.53 Å². The number of esters is 1. The third-order valence-electron chi connectivity index (χ3n) is 3.86. The topological polar surface area (TPSA) is 55.6 Å². The summed E-state index contributed by atoms with van der Waals surface area (Å²) in [6.45, 7) is 10.6. The van der Waals surface area contributed by atoms with Crippen LogP contribution in [0.2, 0.25) is 0 Å². The van der Waals surface area contributed by atoms with Gasteiger partial charge in [-0.25, -0.2) is 0 Å². The maximum atomic E-state index is 11.6. The standard InChI is InChI=1S/C14H28N2O2/c1-4-18-13(17)12-5-8-16(9-6-12)10-7-14(2,3)11-15/h12H,4-11,15H2,1-3H3. The number of rotatable bonds is 6. The van der Waals surface area contributed by atoms with Crippen molar-refractivity contribution in [3.8, 4) is 0 Å². The van der Waals surface area contributed by atoms with Gasteiger partial charge in [-0.15, -0.1) is 0 Å². The molecule has 0 spiro atoms.